The molecule has 0 saturated carbocycles. The van der Waals surface area contributed by atoms with Crippen molar-refractivity contribution < 1.29 is 0 Å². The van der Waals surface area contributed by atoms with Gasteiger partial charge in [0.15, 0.2) is 0 Å². The molecule has 2 rings (SSSR count). The van der Waals surface area contributed by atoms with Gasteiger partial charge in [0, 0.05) is 25.0 Å². The molecule has 17 heavy (non-hydrogen) atoms. The minimum absolute atomic E-state index is 0.00882. The largest absolute Gasteiger partial charge is 0.354 e. The zero-order valence-corrected chi connectivity index (χ0v) is 10.8. The molecule has 0 aliphatic carbocycles. The van der Waals surface area contributed by atoms with E-state index in [0.29, 0.717) is 24.4 Å². The number of aromatic nitrogens is 2. The van der Waals surface area contributed by atoms with Gasteiger partial charge in [-0.25, -0.2) is 4.98 Å². The van der Waals surface area contributed by atoms with Gasteiger partial charge >= 0.3 is 0 Å². The Bertz CT molecular complexity index is 587. The summed E-state index contributed by atoms with van der Waals surface area (Å²) in [6, 6.07) is 1.93. The van der Waals surface area contributed by atoms with Crippen LogP contribution in [0.3, 0.4) is 0 Å². The van der Waals surface area contributed by atoms with Crippen LogP contribution in [-0.2, 0) is 13.5 Å². The number of fused-ring (bicyclic) bond motifs is 1. The summed E-state index contributed by atoms with van der Waals surface area (Å²) in [6.45, 7) is 3.19. The molecule has 92 valence electrons. The Labute approximate surface area is 103 Å². The highest BCUT2D eigenvalue weighted by atomic mass is 32.1. The van der Waals surface area contributed by atoms with Gasteiger partial charge in [-0.2, -0.15) is 0 Å². The fraction of sp³-hybridized carbons (Fsp3) is 0.455. The molecule has 0 unspecified atom stereocenters. The fourth-order valence-electron chi connectivity index (χ4n) is 1.63. The predicted molar refractivity (Wildman–Crippen MR) is 71.8 cm³/mol. The Hall–Kier alpha value is -1.40. The zero-order chi connectivity index (χ0) is 12.4. The predicted octanol–water partition coefficient (Wildman–Crippen LogP) is 0.928. The van der Waals surface area contributed by atoms with Crippen LogP contribution in [0.25, 0.3) is 10.2 Å². The normalized spacial score (nSPS) is 11.0. The summed E-state index contributed by atoms with van der Waals surface area (Å²) >= 11 is 1.57. The molecule has 0 aliphatic rings. The summed E-state index contributed by atoms with van der Waals surface area (Å²) in [4.78, 5) is 18.5. The number of thiophene rings is 1. The summed E-state index contributed by atoms with van der Waals surface area (Å²) in [7, 11) is 1.72. The minimum atomic E-state index is -0.00882. The lowest BCUT2D eigenvalue weighted by Gasteiger charge is -2.08. The maximum absolute atomic E-state index is 12.1. The van der Waals surface area contributed by atoms with E-state index in [9.17, 15) is 4.79 Å². The third-order valence-corrected chi connectivity index (χ3v) is 3.77. The number of nitrogens with zero attached hydrogens (tertiary/aromatic N) is 2. The lowest BCUT2D eigenvalue weighted by Crippen LogP contribution is -2.24. The molecular weight excluding hydrogens is 236 g/mol. The number of hydrogen-bond acceptors (Lipinski definition) is 5. The van der Waals surface area contributed by atoms with Crippen LogP contribution in [0.1, 0.15) is 11.8 Å². The maximum atomic E-state index is 12.1. The van der Waals surface area contributed by atoms with E-state index in [1.54, 1.807) is 18.4 Å². The second kappa shape index (κ2) is 4.85. The van der Waals surface area contributed by atoms with E-state index in [2.05, 4.69) is 17.2 Å². The lowest BCUT2D eigenvalue weighted by molar-refractivity contribution is 0.836. The highest BCUT2D eigenvalue weighted by molar-refractivity contribution is 7.18. The highest BCUT2D eigenvalue weighted by Crippen LogP contribution is 2.22. The van der Waals surface area contributed by atoms with Crippen molar-refractivity contribution in [3.05, 3.63) is 21.3 Å². The Morgan fingerprint density at radius 2 is 2.35 bits per heavy atom. The quantitative estimate of drug-likeness (QED) is 0.849. The fourth-order valence-corrected chi connectivity index (χ4v) is 2.59. The van der Waals surface area contributed by atoms with Crippen LogP contribution in [0.15, 0.2) is 10.9 Å². The van der Waals surface area contributed by atoms with Gasteiger partial charge in [-0.3, -0.25) is 9.36 Å². The summed E-state index contributed by atoms with van der Waals surface area (Å²) in [5.41, 5.74) is 5.42. The second-order valence-corrected chi connectivity index (χ2v) is 4.92. The van der Waals surface area contributed by atoms with Crippen LogP contribution in [-0.4, -0.2) is 22.6 Å². The van der Waals surface area contributed by atoms with Crippen molar-refractivity contribution in [2.45, 2.75) is 13.3 Å². The van der Waals surface area contributed by atoms with Crippen LogP contribution >= 0.6 is 11.3 Å². The first-order valence-corrected chi connectivity index (χ1v) is 6.42. The molecule has 2 aromatic heterocycles. The van der Waals surface area contributed by atoms with Gasteiger partial charge in [-0.1, -0.05) is 6.92 Å². The molecule has 0 radical (unpaired) electrons. The lowest BCUT2D eigenvalue weighted by atomic mass is 10.3. The van der Waals surface area contributed by atoms with Crippen molar-refractivity contribution in [1.29, 1.82) is 0 Å². The van der Waals surface area contributed by atoms with Crippen molar-refractivity contribution in [2.75, 3.05) is 18.4 Å². The molecule has 3 N–H and O–H groups in total. The number of hydrogen-bond donors (Lipinski definition) is 2. The molecule has 0 aliphatic heterocycles. The second-order valence-electron chi connectivity index (χ2n) is 3.80. The smallest absolute Gasteiger partial charge is 0.263 e. The van der Waals surface area contributed by atoms with Gasteiger partial charge in [0.1, 0.15) is 4.83 Å². The molecule has 2 heterocycles. The monoisotopic (exact) mass is 252 g/mol. The first kappa shape index (κ1) is 12.1. The SMILES string of the molecule is CCc1cc2c(=O)n(C)c(NCCN)nc2s1. The van der Waals surface area contributed by atoms with Crippen molar-refractivity contribution in [2.24, 2.45) is 12.8 Å². The highest BCUT2D eigenvalue weighted by Gasteiger charge is 2.10. The van der Waals surface area contributed by atoms with Crippen LogP contribution in [0.2, 0.25) is 0 Å². The van der Waals surface area contributed by atoms with Gasteiger partial charge in [0.05, 0.1) is 5.39 Å². The molecule has 0 bridgehead atoms. The van der Waals surface area contributed by atoms with Crippen molar-refractivity contribution in [3.8, 4) is 0 Å². The van der Waals surface area contributed by atoms with Crippen LogP contribution in [0, 0.1) is 0 Å². The standard InChI is InChI=1S/C11H16N4OS/c1-3-7-6-8-9(17-7)14-11(13-5-4-12)15(2)10(8)16/h6H,3-5,12H2,1-2H3,(H,13,14). The van der Waals surface area contributed by atoms with Crippen molar-refractivity contribution >= 4 is 27.5 Å². The number of aryl methyl sites for hydroxylation is 1. The number of anilines is 1. The van der Waals surface area contributed by atoms with Crippen molar-refractivity contribution in [1.82, 2.24) is 9.55 Å². The van der Waals surface area contributed by atoms with E-state index in [4.69, 9.17) is 5.73 Å². The first-order valence-electron chi connectivity index (χ1n) is 5.60. The molecule has 0 spiro atoms. The van der Waals surface area contributed by atoms with Crippen molar-refractivity contribution in [3.63, 3.8) is 0 Å². The van der Waals surface area contributed by atoms with Gasteiger partial charge in [-0.15, -0.1) is 11.3 Å². The first-order chi connectivity index (χ1) is 8.17. The molecule has 0 amide bonds. The Morgan fingerprint density at radius 1 is 1.59 bits per heavy atom. The molecular formula is C11H16N4OS. The molecule has 0 atom stereocenters. The molecule has 0 fully saturated rings. The molecule has 6 heteroatoms. The number of rotatable bonds is 4. The van der Waals surface area contributed by atoms with E-state index < -0.39 is 0 Å². The van der Waals surface area contributed by atoms with Gasteiger partial charge in [0.25, 0.3) is 5.56 Å². The van der Waals surface area contributed by atoms with Crippen LogP contribution in [0.4, 0.5) is 5.95 Å². The number of nitrogens with one attached hydrogen (secondary N) is 1. The average Bonchev–Trinajstić information content (AvgIpc) is 2.75. The van der Waals surface area contributed by atoms with E-state index in [0.717, 1.165) is 11.3 Å². The number of nitrogens with two attached hydrogens (primary N) is 1. The minimum Gasteiger partial charge on any atom is -0.354 e. The van der Waals surface area contributed by atoms with E-state index >= 15 is 0 Å². The summed E-state index contributed by atoms with van der Waals surface area (Å²) < 4.78 is 1.53. The van der Waals surface area contributed by atoms with E-state index in [-0.39, 0.29) is 5.56 Å². The zero-order valence-electron chi connectivity index (χ0n) is 9.99. The molecule has 0 aromatic carbocycles. The third-order valence-electron chi connectivity index (χ3n) is 2.60. The van der Waals surface area contributed by atoms with Gasteiger partial charge in [-0.05, 0) is 12.5 Å². The van der Waals surface area contributed by atoms with Crippen LogP contribution < -0.4 is 16.6 Å². The Kier molecular flexibility index (Phi) is 3.44. The van der Waals surface area contributed by atoms with Gasteiger partial charge < -0.3 is 11.1 Å². The average molecular weight is 252 g/mol. The maximum Gasteiger partial charge on any atom is 0.263 e. The van der Waals surface area contributed by atoms with E-state index in [1.807, 2.05) is 6.07 Å². The van der Waals surface area contributed by atoms with Gasteiger partial charge in [0.2, 0.25) is 5.95 Å². The summed E-state index contributed by atoms with van der Waals surface area (Å²) in [6.07, 6.45) is 0.926. The van der Waals surface area contributed by atoms with Crippen LogP contribution in [0.5, 0.6) is 0 Å². The molecule has 0 saturated heterocycles. The molecule has 5 nitrogen and oxygen atoms in total. The Balaban J connectivity index is 2.56. The molecule has 2 aromatic rings. The Morgan fingerprint density at radius 3 is 3.00 bits per heavy atom. The topological polar surface area (TPSA) is 72.9 Å². The van der Waals surface area contributed by atoms with E-state index in [1.165, 1.54) is 9.44 Å². The third kappa shape index (κ3) is 2.18. The summed E-state index contributed by atoms with van der Waals surface area (Å²) in [5, 5.41) is 3.76. The summed E-state index contributed by atoms with van der Waals surface area (Å²) in [5.74, 6) is 0.581.